The Bertz CT molecular complexity index is 190. The van der Waals surface area contributed by atoms with E-state index in [9.17, 15) is 0 Å². The van der Waals surface area contributed by atoms with E-state index < -0.39 is 0 Å². The van der Waals surface area contributed by atoms with Gasteiger partial charge in [0.25, 0.3) is 0 Å². The average Bonchev–Trinajstić information content (AvgIpc) is 2.27. The molecule has 2 heteroatoms. The summed E-state index contributed by atoms with van der Waals surface area (Å²) in [5, 5.41) is 0. The Balaban J connectivity index is 2.32. The molecule has 2 N–H and O–H groups in total. The molecule has 2 rings (SSSR count). The van der Waals surface area contributed by atoms with Crippen LogP contribution in [0.3, 0.4) is 0 Å². The highest BCUT2D eigenvalue weighted by Crippen LogP contribution is 2.58. The van der Waals surface area contributed by atoms with E-state index in [0.717, 1.165) is 19.8 Å². The Morgan fingerprint density at radius 3 is 2.75 bits per heavy atom. The van der Waals surface area contributed by atoms with Crippen LogP contribution in [0, 0.1) is 16.7 Å². The molecule has 0 spiro atoms. The minimum atomic E-state index is 0.339. The molecule has 0 radical (unpaired) electrons. The van der Waals surface area contributed by atoms with Gasteiger partial charge in [-0.3, -0.25) is 0 Å². The zero-order valence-electron chi connectivity index (χ0n) is 8.10. The predicted molar refractivity (Wildman–Crippen MR) is 48.8 cm³/mol. The Labute approximate surface area is 74.5 Å². The smallest absolute Gasteiger partial charge is 0.0525 e. The van der Waals surface area contributed by atoms with Crippen LogP contribution in [0.2, 0.25) is 0 Å². The quantitative estimate of drug-likeness (QED) is 0.644. The summed E-state index contributed by atoms with van der Waals surface area (Å²) in [5.41, 5.74) is 6.58. The van der Waals surface area contributed by atoms with Crippen molar-refractivity contribution in [3.63, 3.8) is 0 Å². The minimum absolute atomic E-state index is 0.339. The van der Waals surface area contributed by atoms with Gasteiger partial charge in [-0.2, -0.15) is 0 Å². The van der Waals surface area contributed by atoms with E-state index in [1.165, 1.54) is 12.8 Å². The molecular weight excluding hydrogens is 150 g/mol. The van der Waals surface area contributed by atoms with Crippen LogP contribution in [0.15, 0.2) is 0 Å². The maximum absolute atomic E-state index is 5.89. The molecular formula is C10H19NO. The average molecular weight is 169 g/mol. The molecule has 0 aromatic heterocycles. The number of ether oxygens (including phenoxy) is 1. The molecule has 70 valence electrons. The number of rotatable bonds is 1. The molecule has 1 aliphatic carbocycles. The first-order valence-corrected chi connectivity index (χ1v) is 4.90. The SMILES string of the molecule is C[C@]12CCC(COC1)[C@@]2(C)CN. The summed E-state index contributed by atoms with van der Waals surface area (Å²) in [6, 6.07) is 0. The molecule has 1 saturated heterocycles. The zero-order chi connectivity index (χ0) is 8.82. The molecule has 0 aromatic carbocycles. The van der Waals surface area contributed by atoms with Gasteiger partial charge in [-0.05, 0) is 36.1 Å². The molecule has 2 nitrogen and oxygen atoms in total. The van der Waals surface area contributed by atoms with Crippen molar-refractivity contribution >= 4 is 0 Å². The van der Waals surface area contributed by atoms with Crippen LogP contribution < -0.4 is 5.73 Å². The van der Waals surface area contributed by atoms with Gasteiger partial charge in [-0.15, -0.1) is 0 Å². The summed E-state index contributed by atoms with van der Waals surface area (Å²) in [6.45, 7) is 7.34. The number of hydrogen-bond donors (Lipinski definition) is 1. The van der Waals surface area contributed by atoms with Crippen molar-refractivity contribution in [3.05, 3.63) is 0 Å². The monoisotopic (exact) mass is 169 g/mol. The van der Waals surface area contributed by atoms with Crippen LogP contribution in [0.25, 0.3) is 0 Å². The number of fused-ring (bicyclic) bond motifs is 2. The van der Waals surface area contributed by atoms with E-state index >= 15 is 0 Å². The van der Waals surface area contributed by atoms with Gasteiger partial charge in [0.1, 0.15) is 0 Å². The molecule has 1 heterocycles. The number of nitrogens with two attached hydrogens (primary N) is 1. The lowest BCUT2D eigenvalue weighted by Gasteiger charge is -2.47. The first kappa shape index (κ1) is 8.52. The molecule has 1 saturated carbocycles. The Morgan fingerprint density at radius 1 is 1.50 bits per heavy atom. The largest absolute Gasteiger partial charge is 0.381 e. The van der Waals surface area contributed by atoms with Gasteiger partial charge in [-0.25, -0.2) is 0 Å². The standard InChI is InChI=1S/C10H19NO/c1-9-4-3-8(5-12-7-9)10(9,2)6-11/h8H,3-7,11H2,1-2H3/t8?,9-,10+/m0/s1. The lowest BCUT2D eigenvalue weighted by Crippen LogP contribution is -2.50. The second-order valence-electron chi connectivity index (χ2n) is 4.93. The summed E-state index contributed by atoms with van der Waals surface area (Å²) >= 11 is 0. The van der Waals surface area contributed by atoms with Crippen molar-refractivity contribution in [2.45, 2.75) is 26.7 Å². The summed E-state index contributed by atoms with van der Waals surface area (Å²) in [7, 11) is 0. The Hall–Kier alpha value is -0.0800. The topological polar surface area (TPSA) is 35.2 Å². The minimum Gasteiger partial charge on any atom is -0.381 e. The lowest BCUT2D eigenvalue weighted by atomic mass is 9.64. The van der Waals surface area contributed by atoms with Crippen LogP contribution in [-0.4, -0.2) is 19.8 Å². The van der Waals surface area contributed by atoms with Gasteiger partial charge in [-0.1, -0.05) is 13.8 Å². The van der Waals surface area contributed by atoms with Crippen LogP contribution in [0.5, 0.6) is 0 Å². The first-order valence-electron chi connectivity index (χ1n) is 4.90. The molecule has 2 aliphatic rings. The second-order valence-corrected chi connectivity index (χ2v) is 4.93. The van der Waals surface area contributed by atoms with Crippen molar-refractivity contribution in [1.29, 1.82) is 0 Å². The third kappa shape index (κ3) is 0.826. The van der Waals surface area contributed by atoms with Crippen LogP contribution in [0.4, 0.5) is 0 Å². The van der Waals surface area contributed by atoms with Crippen molar-refractivity contribution in [1.82, 2.24) is 0 Å². The van der Waals surface area contributed by atoms with Gasteiger partial charge in [0.15, 0.2) is 0 Å². The van der Waals surface area contributed by atoms with Crippen molar-refractivity contribution < 1.29 is 4.74 Å². The third-order valence-corrected chi connectivity index (χ3v) is 4.49. The van der Waals surface area contributed by atoms with Crippen LogP contribution in [-0.2, 0) is 4.74 Å². The van der Waals surface area contributed by atoms with Gasteiger partial charge >= 0.3 is 0 Å². The van der Waals surface area contributed by atoms with Gasteiger partial charge in [0, 0.05) is 6.61 Å². The lowest BCUT2D eigenvalue weighted by molar-refractivity contribution is -0.0919. The fraction of sp³-hybridized carbons (Fsp3) is 1.00. The molecule has 2 bridgehead atoms. The van der Waals surface area contributed by atoms with Gasteiger partial charge in [0.2, 0.25) is 0 Å². The molecule has 1 unspecified atom stereocenters. The molecule has 0 amide bonds. The van der Waals surface area contributed by atoms with Crippen molar-refractivity contribution in [2.24, 2.45) is 22.5 Å². The second kappa shape index (κ2) is 2.46. The van der Waals surface area contributed by atoms with E-state index in [0.29, 0.717) is 16.7 Å². The molecule has 1 aliphatic heterocycles. The summed E-state index contributed by atoms with van der Waals surface area (Å²) in [5.74, 6) is 0.709. The van der Waals surface area contributed by atoms with E-state index in [4.69, 9.17) is 10.5 Å². The van der Waals surface area contributed by atoms with Gasteiger partial charge < -0.3 is 10.5 Å². The molecule has 2 fully saturated rings. The molecule has 12 heavy (non-hydrogen) atoms. The van der Waals surface area contributed by atoms with Gasteiger partial charge in [0.05, 0.1) is 6.61 Å². The highest BCUT2D eigenvalue weighted by molar-refractivity contribution is 5.05. The predicted octanol–water partition coefficient (Wildman–Crippen LogP) is 1.40. The highest BCUT2D eigenvalue weighted by Gasteiger charge is 2.56. The Morgan fingerprint density at radius 2 is 2.25 bits per heavy atom. The fourth-order valence-electron chi connectivity index (χ4n) is 2.93. The zero-order valence-corrected chi connectivity index (χ0v) is 8.10. The van der Waals surface area contributed by atoms with E-state index in [2.05, 4.69) is 13.8 Å². The van der Waals surface area contributed by atoms with E-state index in [-0.39, 0.29) is 0 Å². The van der Waals surface area contributed by atoms with E-state index in [1.807, 2.05) is 0 Å². The summed E-state index contributed by atoms with van der Waals surface area (Å²) in [4.78, 5) is 0. The fourth-order valence-corrected chi connectivity index (χ4v) is 2.93. The maximum Gasteiger partial charge on any atom is 0.0525 e. The summed E-state index contributed by atoms with van der Waals surface area (Å²) in [6.07, 6.45) is 2.61. The highest BCUT2D eigenvalue weighted by atomic mass is 16.5. The number of hydrogen-bond acceptors (Lipinski definition) is 2. The summed E-state index contributed by atoms with van der Waals surface area (Å²) < 4.78 is 5.60. The maximum atomic E-state index is 5.89. The normalized spacial score (nSPS) is 52.8. The van der Waals surface area contributed by atoms with Crippen LogP contribution in [0.1, 0.15) is 26.7 Å². The Kier molecular flexibility index (Phi) is 1.74. The molecule has 3 atom stereocenters. The van der Waals surface area contributed by atoms with Crippen molar-refractivity contribution in [3.8, 4) is 0 Å². The third-order valence-electron chi connectivity index (χ3n) is 4.49. The van der Waals surface area contributed by atoms with E-state index in [1.54, 1.807) is 0 Å². The van der Waals surface area contributed by atoms with Crippen molar-refractivity contribution in [2.75, 3.05) is 19.8 Å². The van der Waals surface area contributed by atoms with Crippen LogP contribution >= 0.6 is 0 Å². The molecule has 0 aromatic rings. The first-order chi connectivity index (χ1) is 5.62.